The average Bonchev–Trinajstić information content (AvgIpc) is 2.31. The highest BCUT2D eigenvalue weighted by atomic mass is 16.7. The van der Waals surface area contributed by atoms with Gasteiger partial charge in [0.1, 0.15) is 0 Å². The van der Waals surface area contributed by atoms with Gasteiger partial charge >= 0.3 is 5.97 Å². The molecule has 0 N–H and O–H groups in total. The van der Waals surface area contributed by atoms with Crippen molar-refractivity contribution in [3.8, 4) is 11.5 Å². The molecule has 0 bridgehead atoms. The van der Waals surface area contributed by atoms with E-state index in [0.717, 1.165) is 6.08 Å². The third kappa shape index (κ3) is 4.18. The standard InChI is InChI=1S/C13H16O4/c1-4-13(14)17-10(3)16-12-9-7-6-8-11(12)15-5-2/h4,6-10H,1,5H2,2-3H3. The molecule has 0 saturated carbocycles. The Morgan fingerprint density at radius 1 is 1.41 bits per heavy atom. The number of para-hydroxylation sites is 2. The zero-order chi connectivity index (χ0) is 12.7. The van der Waals surface area contributed by atoms with E-state index in [9.17, 15) is 4.79 Å². The number of carbonyl (C=O) groups excluding carboxylic acids is 1. The largest absolute Gasteiger partial charge is 0.490 e. The van der Waals surface area contributed by atoms with Crippen LogP contribution in [-0.2, 0) is 9.53 Å². The Kier molecular flexibility index (Phi) is 5.07. The number of ether oxygens (including phenoxy) is 3. The molecule has 0 fully saturated rings. The first kappa shape index (κ1) is 13.1. The quantitative estimate of drug-likeness (QED) is 0.432. The Bertz CT molecular complexity index is 387. The SMILES string of the molecule is C=CC(=O)OC(C)Oc1ccccc1OCC. The topological polar surface area (TPSA) is 44.8 Å². The summed E-state index contributed by atoms with van der Waals surface area (Å²) in [4.78, 5) is 11.0. The maximum absolute atomic E-state index is 11.0. The minimum absolute atomic E-state index is 0.522. The van der Waals surface area contributed by atoms with Gasteiger partial charge in [-0.3, -0.25) is 0 Å². The molecule has 92 valence electrons. The van der Waals surface area contributed by atoms with E-state index in [1.165, 1.54) is 0 Å². The molecule has 4 nitrogen and oxygen atoms in total. The summed E-state index contributed by atoms with van der Waals surface area (Å²) in [7, 11) is 0. The highest BCUT2D eigenvalue weighted by Gasteiger charge is 2.11. The molecule has 1 rings (SSSR count). The van der Waals surface area contributed by atoms with Gasteiger partial charge < -0.3 is 14.2 Å². The fraction of sp³-hybridized carbons (Fsp3) is 0.308. The van der Waals surface area contributed by atoms with Gasteiger partial charge in [-0.05, 0) is 19.1 Å². The minimum atomic E-state index is -0.692. The lowest BCUT2D eigenvalue weighted by Crippen LogP contribution is -2.19. The van der Waals surface area contributed by atoms with Crippen molar-refractivity contribution in [3.05, 3.63) is 36.9 Å². The molecule has 1 unspecified atom stereocenters. The second-order valence-corrected chi connectivity index (χ2v) is 3.21. The van der Waals surface area contributed by atoms with Gasteiger partial charge in [0.25, 0.3) is 0 Å². The lowest BCUT2D eigenvalue weighted by atomic mass is 10.3. The van der Waals surface area contributed by atoms with Crippen LogP contribution in [0, 0.1) is 0 Å². The predicted octanol–water partition coefficient (Wildman–Crippen LogP) is 2.54. The molecule has 17 heavy (non-hydrogen) atoms. The second-order valence-electron chi connectivity index (χ2n) is 3.21. The van der Waals surface area contributed by atoms with Crippen molar-refractivity contribution in [1.82, 2.24) is 0 Å². The third-order valence-electron chi connectivity index (χ3n) is 1.89. The fourth-order valence-electron chi connectivity index (χ4n) is 1.24. The first-order chi connectivity index (χ1) is 8.17. The van der Waals surface area contributed by atoms with Crippen LogP contribution in [0.15, 0.2) is 36.9 Å². The number of hydrogen-bond acceptors (Lipinski definition) is 4. The Hall–Kier alpha value is -1.97. The van der Waals surface area contributed by atoms with Gasteiger partial charge in [0.2, 0.25) is 6.29 Å². The zero-order valence-corrected chi connectivity index (χ0v) is 10.0. The van der Waals surface area contributed by atoms with E-state index in [1.807, 2.05) is 19.1 Å². The van der Waals surface area contributed by atoms with Crippen LogP contribution in [0.3, 0.4) is 0 Å². The van der Waals surface area contributed by atoms with Crippen LogP contribution in [0.4, 0.5) is 0 Å². The van der Waals surface area contributed by atoms with Gasteiger partial charge in [-0.1, -0.05) is 18.7 Å². The Morgan fingerprint density at radius 2 is 2.06 bits per heavy atom. The predicted molar refractivity (Wildman–Crippen MR) is 64.0 cm³/mol. The summed E-state index contributed by atoms with van der Waals surface area (Å²) in [6.07, 6.45) is 0.399. The van der Waals surface area contributed by atoms with Gasteiger partial charge in [-0.25, -0.2) is 4.79 Å². The lowest BCUT2D eigenvalue weighted by Gasteiger charge is -2.16. The zero-order valence-electron chi connectivity index (χ0n) is 10.0. The summed E-state index contributed by atoms with van der Waals surface area (Å²) in [5.74, 6) is 0.640. The Labute approximate surface area is 101 Å². The van der Waals surface area contributed by atoms with Gasteiger partial charge in [-0.15, -0.1) is 0 Å². The van der Waals surface area contributed by atoms with Gasteiger partial charge in [0.05, 0.1) is 6.61 Å². The number of hydrogen-bond donors (Lipinski definition) is 0. The van der Waals surface area contributed by atoms with Crippen molar-refractivity contribution in [2.24, 2.45) is 0 Å². The van der Waals surface area contributed by atoms with Gasteiger partial charge in [0.15, 0.2) is 11.5 Å². The van der Waals surface area contributed by atoms with Crippen molar-refractivity contribution in [2.75, 3.05) is 6.61 Å². The molecule has 1 aromatic carbocycles. The molecule has 4 heteroatoms. The van der Waals surface area contributed by atoms with Crippen LogP contribution in [-0.4, -0.2) is 18.9 Å². The van der Waals surface area contributed by atoms with Gasteiger partial charge in [0, 0.05) is 13.0 Å². The monoisotopic (exact) mass is 236 g/mol. The average molecular weight is 236 g/mol. The summed E-state index contributed by atoms with van der Waals surface area (Å²) in [6.45, 7) is 7.37. The summed E-state index contributed by atoms with van der Waals surface area (Å²) in [5, 5.41) is 0. The number of carbonyl (C=O) groups is 1. The molecule has 0 heterocycles. The van der Waals surface area contributed by atoms with E-state index >= 15 is 0 Å². The highest BCUT2D eigenvalue weighted by molar-refractivity contribution is 5.81. The molecule has 0 aliphatic heterocycles. The van der Waals surface area contributed by atoms with Crippen LogP contribution in [0.1, 0.15) is 13.8 Å². The van der Waals surface area contributed by atoms with Crippen LogP contribution >= 0.6 is 0 Å². The van der Waals surface area contributed by atoms with Gasteiger partial charge in [-0.2, -0.15) is 0 Å². The van der Waals surface area contributed by atoms with Crippen molar-refractivity contribution in [2.45, 2.75) is 20.1 Å². The first-order valence-electron chi connectivity index (χ1n) is 5.39. The molecule has 0 aromatic heterocycles. The lowest BCUT2D eigenvalue weighted by molar-refractivity contribution is -0.155. The summed E-state index contributed by atoms with van der Waals surface area (Å²) < 4.78 is 15.7. The van der Waals surface area contributed by atoms with Crippen LogP contribution in [0.5, 0.6) is 11.5 Å². The Morgan fingerprint density at radius 3 is 2.65 bits per heavy atom. The molecule has 0 radical (unpaired) electrons. The molecule has 0 spiro atoms. The Balaban J connectivity index is 2.66. The first-order valence-corrected chi connectivity index (χ1v) is 5.39. The molecule has 0 amide bonds. The molecule has 0 saturated heterocycles. The summed E-state index contributed by atoms with van der Waals surface area (Å²) >= 11 is 0. The van der Waals surface area contributed by atoms with Crippen molar-refractivity contribution < 1.29 is 19.0 Å². The van der Waals surface area contributed by atoms with E-state index in [-0.39, 0.29) is 0 Å². The van der Waals surface area contributed by atoms with E-state index in [1.54, 1.807) is 19.1 Å². The minimum Gasteiger partial charge on any atom is -0.490 e. The molecule has 0 aliphatic rings. The molecule has 1 atom stereocenters. The van der Waals surface area contributed by atoms with Crippen LogP contribution < -0.4 is 9.47 Å². The van der Waals surface area contributed by atoms with Crippen molar-refractivity contribution in [3.63, 3.8) is 0 Å². The maximum atomic E-state index is 11.0. The third-order valence-corrected chi connectivity index (χ3v) is 1.89. The highest BCUT2D eigenvalue weighted by Crippen LogP contribution is 2.27. The van der Waals surface area contributed by atoms with Crippen molar-refractivity contribution >= 4 is 5.97 Å². The summed E-state index contributed by atoms with van der Waals surface area (Å²) in [5.41, 5.74) is 0. The van der Waals surface area contributed by atoms with E-state index in [4.69, 9.17) is 14.2 Å². The van der Waals surface area contributed by atoms with Crippen LogP contribution in [0.25, 0.3) is 0 Å². The normalized spacial score (nSPS) is 11.4. The smallest absolute Gasteiger partial charge is 0.333 e. The molecular weight excluding hydrogens is 220 g/mol. The van der Waals surface area contributed by atoms with Crippen LogP contribution in [0.2, 0.25) is 0 Å². The second kappa shape index (κ2) is 6.58. The maximum Gasteiger partial charge on any atom is 0.333 e. The van der Waals surface area contributed by atoms with E-state index < -0.39 is 12.3 Å². The number of benzene rings is 1. The molecule has 0 aliphatic carbocycles. The number of rotatable bonds is 6. The number of esters is 1. The fourth-order valence-corrected chi connectivity index (χ4v) is 1.24. The van der Waals surface area contributed by atoms with E-state index in [0.29, 0.717) is 18.1 Å². The molecular formula is C13H16O4. The van der Waals surface area contributed by atoms with E-state index in [2.05, 4.69) is 6.58 Å². The van der Waals surface area contributed by atoms with Crippen molar-refractivity contribution in [1.29, 1.82) is 0 Å². The molecule has 1 aromatic rings. The summed E-state index contributed by atoms with van der Waals surface area (Å²) in [6, 6.07) is 7.21.